The summed E-state index contributed by atoms with van der Waals surface area (Å²) < 4.78 is 0. The molecule has 0 saturated carbocycles. The number of nitrogens with one attached hydrogen (secondary N) is 1. The van der Waals surface area contributed by atoms with Crippen molar-refractivity contribution in [2.75, 3.05) is 19.6 Å². The van der Waals surface area contributed by atoms with Crippen molar-refractivity contribution in [3.05, 3.63) is 12.2 Å². The van der Waals surface area contributed by atoms with Crippen LogP contribution in [0.15, 0.2) is 12.2 Å². The predicted octanol–water partition coefficient (Wildman–Crippen LogP) is 2.00. The molecule has 0 saturated heterocycles. The first-order valence-corrected chi connectivity index (χ1v) is 4.79. The zero-order valence-electron chi connectivity index (χ0n) is 8.89. The second-order valence-corrected chi connectivity index (χ2v) is 3.20. The van der Waals surface area contributed by atoms with Crippen molar-refractivity contribution in [2.45, 2.75) is 27.2 Å². The Labute approximate surface area is 80.8 Å². The molecule has 3 heteroatoms. The van der Waals surface area contributed by atoms with Crippen LogP contribution in [-0.2, 0) is 0 Å². The van der Waals surface area contributed by atoms with E-state index in [1.165, 1.54) is 0 Å². The standard InChI is InChI=1S/C10H20N2O/c1-5-7-11-10(13)12(6-2)8-9(3)4/h3,5-8H2,1-2,4H3,(H,11,13). The van der Waals surface area contributed by atoms with Crippen LogP contribution in [0.1, 0.15) is 27.2 Å². The SMILES string of the molecule is C=C(C)CN(CC)C(=O)NCCC. The van der Waals surface area contributed by atoms with Gasteiger partial charge in [-0.3, -0.25) is 0 Å². The monoisotopic (exact) mass is 184 g/mol. The molecule has 0 aliphatic heterocycles. The van der Waals surface area contributed by atoms with E-state index in [0.29, 0.717) is 6.54 Å². The molecule has 0 spiro atoms. The minimum atomic E-state index is 0.00681. The maximum absolute atomic E-state index is 11.4. The lowest BCUT2D eigenvalue weighted by molar-refractivity contribution is 0.205. The Kier molecular flexibility index (Phi) is 6.02. The van der Waals surface area contributed by atoms with Crippen molar-refractivity contribution in [3.63, 3.8) is 0 Å². The summed E-state index contributed by atoms with van der Waals surface area (Å²) in [6.07, 6.45) is 0.969. The Balaban J connectivity index is 3.92. The maximum Gasteiger partial charge on any atom is 0.317 e. The van der Waals surface area contributed by atoms with E-state index in [9.17, 15) is 4.79 Å². The van der Waals surface area contributed by atoms with Crippen molar-refractivity contribution in [3.8, 4) is 0 Å². The summed E-state index contributed by atoms with van der Waals surface area (Å²) in [6.45, 7) is 11.8. The van der Waals surface area contributed by atoms with Gasteiger partial charge in [-0.15, -0.1) is 0 Å². The summed E-state index contributed by atoms with van der Waals surface area (Å²) in [7, 11) is 0. The van der Waals surface area contributed by atoms with E-state index in [2.05, 4.69) is 11.9 Å². The highest BCUT2D eigenvalue weighted by atomic mass is 16.2. The maximum atomic E-state index is 11.4. The minimum absolute atomic E-state index is 0.00681. The second-order valence-electron chi connectivity index (χ2n) is 3.20. The van der Waals surface area contributed by atoms with E-state index >= 15 is 0 Å². The highest BCUT2D eigenvalue weighted by molar-refractivity contribution is 5.74. The molecular weight excluding hydrogens is 164 g/mol. The molecule has 13 heavy (non-hydrogen) atoms. The molecule has 0 aliphatic rings. The number of carbonyl (C=O) groups excluding carboxylic acids is 1. The van der Waals surface area contributed by atoms with Crippen LogP contribution in [0.3, 0.4) is 0 Å². The molecule has 0 aromatic carbocycles. The van der Waals surface area contributed by atoms with Crippen LogP contribution in [0, 0.1) is 0 Å². The number of urea groups is 1. The molecular formula is C10H20N2O. The second kappa shape index (κ2) is 6.52. The van der Waals surface area contributed by atoms with Crippen molar-refractivity contribution >= 4 is 6.03 Å². The molecule has 0 unspecified atom stereocenters. The molecule has 0 atom stereocenters. The van der Waals surface area contributed by atoms with Gasteiger partial charge in [-0.2, -0.15) is 0 Å². The van der Waals surface area contributed by atoms with Crippen LogP contribution in [0.2, 0.25) is 0 Å². The molecule has 0 radical (unpaired) electrons. The first kappa shape index (κ1) is 12.0. The molecule has 3 nitrogen and oxygen atoms in total. The molecule has 0 rings (SSSR count). The summed E-state index contributed by atoms with van der Waals surface area (Å²) in [6, 6.07) is 0.00681. The van der Waals surface area contributed by atoms with Crippen molar-refractivity contribution in [2.24, 2.45) is 0 Å². The fourth-order valence-corrected chi connectivity index (χ4v) is 0.997. The number of nitrogens with zero attached hydrogens (tertiary/aromatic N) is 1. The molecule has 0 bridgehead atoms. The summed E-state index contributed by atoms with van der Waals surface area (Å²) in [5, 5.41) is 2.83. The highest BCUT2D eigenvalue weighted by Crippen LogP contribution is 1.95. The third-order valence-electron chi connectivity index (χ3n) is 1.66. The van der Waals surface area contributed by atoms with Crippen LogP contribution in [0.25, 0.3) is 0 Å². The van der Waals surface area contributed by atoms with Crippen LogP contribution in [-0.4, -0.2) is 30.6 Å². The van der Waals surface area contributed by atoms with Crippen molar-refractivity contribution < 1.29 is 4.79 Å². The largest absolute Gasteiger partial charge is 0.338 e. The van der Waals surface area contributed by atoms with Gasteiger partial charge in [-0.05, 0) is 20.3 Å². The van der Waals surface area contributed by atoms with Gasteiger partial charge in [0, 0.05) is 19.6 Å². The van der Waals surface area contributed by atoms with Gasteiger partial charge in [0.1, 0.15) is 0 Å². The third-order valence-corrected chi connectivity index (χ3v) is 1.66. The van der Waals surface area contributed by atoms with E-state index in [0.717, 1.165) is 25.1 Å². The molecule has 0 aliphatic carbocycles. The van der Waals surface area contributed by atoms with Crippen LogP contribution >= 0.6 is 0 Å². The number of hydrogen-bond donors (Lipinski definition) is 1. The average Bonchev–Trinajstić information content (AvgIpc) is 2.09. The fraction of sp³-hybridized carbons (Fsp3) is 0.700. The Morgan fingerprint density at radius 1 is 1.46 bits per heavy atom. The predicted molar refractivity (Wildman–Crippen MR) is 55.8 cm³/mol. The Morgan fingerprint density at radius 2 is 2.08 bits per heavy atom. The van der Waals surface area contributed by atoms with Crippen LogP contribution in [0.4, 0.5) is 4.79 Å². The lowest BCUT2D eigenvalue weighted by Crippen LogP contribution is -2.40. The lowest BCUT2D eigenvalue weighted by Gasteiger charge is -2.21. The van der Waals surface area contributed by atoms with Gasteiger partial charge in [0.25, 0.3) is 0 Å². The van der Waals surface area contributed by atoms with Crippen molar-refractivity contribution in [1.29, 1.82) is 0 Å². The molecule has 76 valence electrons. The minimum Gasteiger partial charge on any atom is -0.338 e. The van der Waals surface area contributed by atoms with E-state index in [1.54, 1.807) is 4.90 Å². The lowest BCUT2D eigenvalue weighted by atomic mass is 10.3. The molecule has 1 N–H and O–H groups in total. The summed E-state index contributed by atoms with van der Waals surface area (Å²) in [4.78, 5) is 13.2. The summed E-state index contributed by atoms with van der Waals surface area (Å²) in [5.74, 6) is 0. The highest BCUT2D eigenvalue weighted by Gasteiger charge is 2.09. The van der Waals surface area contributed by atoms with Gasteiger partial charge in [-0.25, -0.2) is 4.79 Å². The smallest absolute Gasteiger partial charge is 0.317 e. The molecule has 0 aromatic heterocycles. The number of carbonyl (C=O) groups is 1. The summed E-state index contributed by atoms with van der Waals surface area (Å²) in [5.41, 5.74) is 1.01. The molecule has 0 aromatic rings. The van der Waals surface area contributed by atoms with E-state index in [4.69, 9.17) is 0 Å². The quantitative estimate of drug-likeness (QED) is 0.651. The Morgan fingerprint density at radius 3 is 2.46 bits per heavy atom. The Hall–Kier alpha value is -0.990. The van der Waals surface area contributed by atoms with Crippen LogP contribution in [0.5, 0.6) is 0 Å². The van der Waals surface area contributed by atoms with Crippen molar-refractivity contribution in [1.82, 2.24) is 10.2 Å². The molecule has 0 heterocycles. The fourth-order valence-electron chi connectivity index (χ4n) is 0.997. The topological polar surface area (TPSA) is 32.3 Å². The first-order valence-electron chi connectivity index (χ1n) is 4.79. The van der Waals surface area contributed by atoms with Gasteiger partial charge in [0.05, 0.1) is 0 Å². The molecule has 2 amide bonds. The normalized spacial score (nSPS) is 9.46. The zero-order valence-corrected chi connectivity index (χ0v) is 8.89. The number of likely N-dealkylation sites (N-methyl/N-ethyl adjacent to an activating group) is 1. The van der Waals surface area contributed by atoms with E-state index in [-0.39, 0.29) is 6.03 Å². The van der Waals surface area contributed by atoms with Gasteiger partial charge >= 0.3 is 6.03 Å². The third kappa shape index (κ3) is 5.28. The van der Waals surface area contributed by atoms with E-state index < -0.39 is 0 Å². The average molecular weight is 184 g/mol. The number of amides is 2. The van der Waals surface area contributed by atoms with Gasteiger partial charge < -0.3 is 10.2 Å². The van der Waals surface area contributed by atoms with Gasteiger partial charge in [-0.1, -0.05) is 19.1 Å². The zero-order chi connectivity index (χ0) is 10.3. The van der Waals surface area contributed by atoms with E-state index in [1.807, 2.05) is 20.8 Å². The number of hydrogen-bond acceptors (Lipinski definition) is 1. The van der Waals surface area contributed by atoms with Gasteiger partial charge in [0.2, 0.25) is 0 Å². The van der Waals surface area contributed by atoms with Gasteiger partial charge in [0.15, 0.2) is 0 Å². The van der Waals surface area contributed by atoms with Crippen LogP contribution < -0.4 is 5.32 Å². The first-order chi connectivity index (χ1) is 6.11. The summed E-state index contributed by atoms with van der Waals surface area (Å²) >= 11 is 0. The Bertz CT molecular complexity index is 178. The molecule has 0 fully saturated rings. The number of rotatable bonds is 5.